The Labute approximate surface area is 126 Å². The number of imidazole rings is 1. The van der Waals surface area contributed by atoms with Crippen molar-refractivity contribution in [2.24, 2.45) is 0 Å². The van der Waals surface area contributed by atoms with Crippen molar-refractivity contribution in [3.05, 3.63) is 48.5 Å². The predicted molar refractivity (Wildman–Crippen MR) is 79.2 cm³/mol. The molecule has 2 heterocycles. The quantitative estimate of drug-likeness (QED) is 0.677. The second-order valence-electron chi connectivity index (χ2n) is 5.06. The second kappa shape index (κ2) is 5.33. The molecule has 0 unspecified atom stereocenters. The van der Waals surface area contributed by atoms with Crippen LogP contribution in [0.2, 0.25) is 0 Å². The Balaban J connectivity index is 1.44. The molecule has 1 aliphatic carbocycles. The van der Waals surface area contributed by atoms with Crippen molar-refractivity contribution in [1.29, 1.82) is 0 Å². The third kappa shape index (κ3) is 2.69. The number of tetrazole rings is 1. The molecular formula is C14H14N6S. The number of hydrogen-bond donors (Lipinski definition) is 0. The lowest BCUT2D eigenvalue weighted by Crippen LogP contribution is -1.98. The summed E-state index contributed by atoms with van der Waals surface area (Å²) in [5.74, 6) is 0.872. The zero-order chi connectivity index (χ0) is 14.1. The minimum atomic E-state index is 0.520. The van der Waals surface area contributed by atoms with E-state index in [9.17, 15) is 0 Å². The van der Waals surface area contributed by atoms with Gasteiger partial charge in [0.15, 0.2) is 0 Å². The molecule has 0 radical (unpaired) electrons. The molecule has 7 heteroatoms. The van der Waals surface area contributed by atoms with Crippen molar-refractivity contribution >= 4 is 11.8 Å². The molecule has 4 rings (SSSR count). The van der Waals surface area contributed by atoms with Gasteiger partial charge in [-0.3, -0.25) is 0 Å². The van der Waals surface area contributed by atoms with Crippen LogP contribution in [0.4, 0.5) is 0 Å². The van der Waals surface area contributed by atoms with Gasteiger partial charge in [-0.1, -0.05) is 23.9 Å². The number of benzene rings is 1. The molecule has 0 atom stereocenters. The van der Waals surface area contributed by atoms with E-state index in [0.717, 1.165) is 16.6 Å². The van der Waals surface area contributed by atoms with Crippen LogP contribution in [0.5, 0.6) is 0 Å². The minimum Gasteiger partial charge on any atom is -0.306 e. The minimum absolute atomic E-state index is 0.520. The van der Waals surface area contributed by atoms with E-state index >= 15 is 0 Å². The van der Waals surface area contributed by atoms with Crippen molar-refractivity contribution in [3.63, 3.8) is 0 Å². The van der Waals surface area contributed by atoms with Crippen LogP contribution < -0.4 is 0 Å². The maximum absolute atomic E-state index is 4.10. The zero-order valence-corrected chi connectivity index (χ0v) is 12.1. The van der Waals surface area contributed by atoms with Gasteiger partial charge in [-0.15, -0.1) is 5.10 Å². The van der Waals surface area contributed by atoms with Gasteiger partial charge in [-0.2, -0.15) is 0 Å². The maximum atomic E-state index is 4.10. The first-order valence-electron chi connectivity index (χ1n) is 6.88. The molecule has 2 aromatic heterocycles. The van der Waals surface area contributed by atoms with E-state index in [0.29, 0.717) is 6.04 Å². The molecule has 0 saturated heterocycles. The van der Waals surface area contributed by atoms with Gasteiger partial charge in [0.05, 0.1) is 12.4 Å². The van der Waals surface area contributed by atoms with Crippen LogP contribution in [0.3, 0.4) is 0 Å². The predicted octanol–water partition coefficient (Wildman–Crippen LogP) is 2.49. The summed E-state index contributed by atoms with van der Waals surface area (Å²) in [4.78, 5) is 4.06. The summed E-state index contributed by atoms with van der Waals surface area (Å²) in [5.41, 5.74) is 2.37. The van der Waals surface area contributed by atoms with Crippen molar-refractivity contribution in [1.82, 2.24) is 29.8 Å². The fourth-order valence-electron chi connectivity index (χ4n) is 2.15. The Morgan fingerprint density at radius 2 is 2.05 bits per heavy atom. The highest BCUT2D eigenvalue weighted by molar-refractivity contribution is 7.98. The standard InChI is InChI=1S/C14H14N6S/c1-3-12(19-8-7-15-10-19)4-2-11(1)9-21-14-16-17-18-20(14)13-5-6-13/h1-4,7-8,10,13H,5-6,9H2. The first kappa shape index (κ1) is 12.6. The fourth-order valence-corrected chi connectivity index (χ4v) is 3.05. The average molecular weight is 298 g/mol. The van der Waals surface area contributed by atoms with Crippen LogP contribution in [0.25, 0.3) is 5.69 Å². The average Bonchev–Trinajstić information content (AvgIpc) is 3.04. The topological polar surface area (TPSA) is 61.4 Å². The van der Waals surface area contributed by atoms with Crippen LogP contribution in [-0.2, 0) is 5.75 Å². The molecule has 0 bridgehead atoms. The molecule has 3 aromatic rings. The number of thioether (sulfide) groups is 1. The fraction of sp³-hybridized carbons (Fsp3) is 0.286. The second-order valence-corrected chi connectivity index (χ2v) is 6.00. The summed E-state index contributed by atoms with van der Waals surface area (Å²) >= 11 is 1.69. The van der Waals surface area contributed by atoms with E-state index in [1.165, 1.54) is 18.4 Å². The molecule has 0 spiro atoms. The van der Waals surface area contributed by atoms with Gasteiger partial charge >= 0.3 is 0 Å². The smallest absolute Gasteiger partial charge is 0.209 e. The van der Waals surface area contributed by atoms with Crippen molar-refractivity contribution in [2.75, 3.05) is 0 Å². The Morgan fingerprint density at radius 1 is 1.19 bits per heavy atom. The summed E-state index contributed by atoms with van der Waals surface area (Å²) in [6, 6.07) is 8.98. The van der Waals surface area contributed by atoms with E-state index in [2.05, 4.69) is 44.8 Å². The van der Waals surface area contributed by atoms with Crippen LogP contribution >= 0.6 is 11.8 Å². The largest absolute Gasteiger partial charge is 0.306 e. The van der Waals surface area contributed by atoms with Gasteiger partial charge in [-0.05, 0) is 41.0 Å². The molecule has 6 nitrogen and oxygen atoms in total. The Kier molecular flexibility index (Phi) is 3.19. The van der Waals surface area contributed by atoms with E-state index in [4.69, 9.17) is 0 Å². The SMILES string of the molecule is c1cn(-c2ccc(CSc3nnnn3C3CC3)cc2)cn1. The lowest BCUT2D eigenvalue weighted by Gasteiger charge is -2.05. The number of aromatic nitrogens is 6. The molecule has 1 fully saturated rings. The normalized spacial score (nSPS) is 14.5. The molecule has 1 aliphatic rings. The molecule has 106 valence electrons. The highest BCUT2D eigenvalue weighted by atomic mass is 32.2. The number of hydrogen-bond acceptors (Lipinski definition) is 5. The number of nitrogens with zero attached hydrogens (tertiary/aromatic N) is 6. The van der Waals surface area contributed by atoms with Gasteiger partial charge in [0.25, 0.3) is 0 Å². The molecule has 1 aromatic carbocycles. The first-order valence-corrected chi connectivity index (χ1v) is 7.86. The van der Waals surface area contributed by atoms with Gasteiger partial charge in [-0.25, -0.2) is 9.67 Å². The summed E-state index contributed by atoms with van der Waals surface area (Å²) in [5, 5.41) is 12.9. The lowest BCUT2D eigenvalue weighted by molar-refractivity contribution is 0.565. The molecule has 0 aliphatic heterocycles. The van der Waals surface area contributed by atoms with Gasteiger partial charge in [0, 0.05) is 23.8 Å². The maximum Gasteiger partial charge on any atom is 0.209 e. The third-order valence-corrected chi connectivity index (χ3v) is 4.47. The summed E-state index contributed by atoms with van der Waals surface area (Å²) in [6.07, 6.45) is 7.90. The van der Waals surface area contributed by atoms with E-state index in [1.807, 2.05) is 15.4 Å². The van der Waals surface area contributed by atoms with Gasteiger partial charge in [0.1, 0.15) is 0 Å². The van der Waals surface area contributed by atoms with Crippen LogP contribution in [0.15, 0.2) is 48.1 Å². The number of rotatable bonds is 5. The zero-order valence-electron chi connectivity index (χ0n) is 11.3. The van der Waals surface area contributed by atoms with Gasteiger partial charge in [0.2, 0.25) is 5.16 Å². The van der Waals surface area contributed by atoms with Crippen LogP contribution in [-0.4, -0.2) is 29.8 Å². The molecule has 1 saturated carbocycles. The van der Waals surface area contributed by atoms with Crippen LogP contribution in [0, 0.1) is 0 Å². The molecule has 21 heavy (non-hydrogen) atoms. The highest BCUT2D eigenvalue weighted by Crippen LogP contribution is 2.36. The van der Waals surface area contributed by atoms with Crippen molar-refractivity contribution in [3.8, 4) is 5.69 Å². The highest BCUT2D eigenvalue weighted by Gasteiger charge is 2.27. The summed E-state index contributed by atoms with van der Waals surface area (Å²) < 4.78 is 3.94. The van der Waals surface area contributed by atoms with Crippen LogP contribution in [0.1, 0.15) is 24.4 Å². The Morgan fingerprint density at radius 3 is 2.76 bits per heavy atom. The van der Waals surface area contributed by atoms with Crippen molar-refractivity contribution in [2.45, 2.75) is 29.8 Å². The monoisotopic (exact) mass is 298 g/mol. The van der Waals surface area contributed by atoms with E-state index in [1.54, 1.807) is 24.3 Å². The first-order chi connectivity index (χ1) is 10.4. The summed E-state index contributed by atoms with van der Waals surface area (Å²) in [6.45, 7) is 0. The molecular weight excluding hydrogens is 284 g/mol. The molecule has 0 amide bonds. The van der Waals surface area contributed by atoms with Gasteiger partial charge < -0.3 is 4.57 Å². The summed E-state index contributed by atoms with van der Waals surface area (Å²) in [7, 11) is 0. The Hall–Kier alpha value is -2.15. The molecule has 0 N–H and O–H groups in total. The van der Waals surface area contributed by atoms with Crippen molar-refractivity contribution < 1.29 is 0 Å². The van der Waals surface area contributed by atoms with E-state index < -0.39 is 0 Å². The third-order valence-electron chi connectivity index (χ3n) is 3.46. The van der Waals surface area contributed by atoms with E-state index in [-0.39, 0.29) is 0 Å². The Bertz CT molecular complexity index is 714. The lowest BCUT2D eigenvalue weighted by atomic mass is 10.2.